The first-order chi connectivity index (χ1) is 21.0. The maximum atomic E-state index is 15.8. The quantitative estimate of drug-likeness (QED) is 0.304. The van der Waals surface area contributed by atoms with E-state index < -0.39 is 45.6 Å². The van der Waals surface area contributed by atoms with Crippen molar-refractivity contribution < 1.29 is 49.8 Å². The highest BCUT2D eigenvalue weighted by Gasteiger charge is 2.50. The number of sulfonamides is 1. The van der Waals surface area contributed by atoms with Crippen LogP contribution in [-0.4, -0.2) is 68.3 Å². The second-order valence-corrected chi connectivity index (χ2v) is 13.1. The van der Waals surface area contributed by atoms with Gasteiger partial charge in [0, 0.05) is 29.7 Å². The minimum Gasteiger partial charge on any atom is -0.493 e. The molecule has 2 aliphatic rings. The number of benzene rings is 2. The van der Waals surface area contributed by atoms with Crippen LogP contribution in [0.3, 0.4) is 0 Å². The predicted octanol–water partition coefficient (Wildman–Crippen LogP) is 5.32. The highest BCUT2D eigenvalue weighted by Crippen LogP contribution is 2.35. The number of aliphatic carboxylic acids is 1. The molecule has 0 bridgehead atoms. The molecule has 45 heavy (non-hydrogen) atoms. The number of carboxylic acid groups (broad SMARTS) is 1. The molecule has 1 heterocycles. The first kappa shape index (κ1) is 36.5. The van der Waals surface area contributed by atoms with Crippen LogP contribution in [0, 0.1) is 5.92 Å². The number of nitrogens with zero attached hydrogens (tertiary/aromatic N) is 1. The summed E-state index contributed by atoms with van der Waals surface area (Å²) in [6, 6.07) is 7.80. The van der Waals surface area contributed by atoms with E-state index in [1.165, 1.54) is 60.6 Å². The summed E-state index contributed by atoms with van der Waals surface area (Å²) in [6.45, 7) is 0.887. The van der Waals surface area contributed by atoms with Gasteiger partial charge in [0.05, 0.1) is 11.5 Å². The van der Waals surface area contributed by atoms with Crippen molar-refractivity contribution >= 4 is 33.5 Å². The van der Waals surface area contributed by atoms with Gasteiger partial charge < -0.3 is 20.5 Å². The number of nitrogens with one attached hydrogen (secondary N) is 1. The van der Waals surface area contributed by atoms with Gasteiger partial charge in [-0.3, -0.25) is 4.79 Å². The zero-order valence-corrected chi connectivity index (χ0v) is 25.7. The number of piperidine rings is 1. The predicted molar refractivity (Wildman–Crippen MR) is 155 cm³/mol. The Morgan fingerprint density at radius 1 is 0.956 bits per heavy atom. The van der Waals surface area contributed by atoms with Crippen molar-refractivity contribution in [1.29, 1.82) is 0 Å². The summed E-state index contributed by atoms with van der Waals surface area (Å²) in [4.78, 5) is 23.2. The Kier molecular flexibility index (Phi) is 12.6. The van der Waals surface area contributed by atoms with Gasteiger partial charge in [-0.2, -0.15) is 26.7 Å². The largest absolute Gasteiger partial charge is 0.493 e. The summed E-state index contributed by atoms with van der Waals surface area (Å²) < 4.78 is 97.5. The molecular weight excluding hydrogens is 649 g/mol. The Morgan fingerprint density at radius 2 is 1.49 bits per heavy atom. The molecule has 2 aromatic rings. The summed E-state index contributed by atoms with van der Waals surface area (Å²) >= 11 is 5.85. The first-order valence-corrected chi connectivity index (χ1v) is 16.1. The van der Waals surface area contributed by atoms with Crippen molar-refractivity contribution in [3.63, 3.8) is 0 Å². The van der Waals surface area contributed by atoms with E-state index in [0.29, 0.717) is 31.1 Å². The lowest BCUT2D eigenvalue weighted by Gasteiger charge is -2.35. The van der Waals surface area contributed by atoms with Gasteiger partial charge >= 0.3 is 12.1 Å². The minimum atomic E-state index is -5.08. The fourth-order valence-corrected chi connectivity index (χ4v) is 6.24. The summed E-state index contributed by atoms with van der Waals surface area (Å²) in [6.07, 6.45) is 1.62. The second kappa shape index (κ2) is 15.5. The van der Waals surface area contributed by atoms with Gasteiger partial charge in [-0.15, -0.1) is 0 Å². The minimum absolute atomic E-state index is 0.134. The number of nitrogens with two attached hydrogens (primary N) is 1. The van der Waals surface area contributed by atoms with Gasteiger partial charge in [0.2, 0.25) is 15.9 Å². The molecule has 0 unspecified atom stereocenters. The van der Waals surface area contributed by atoms with Gasteiger partial charge in [-0.05, 0) is 68.0 Å². The third-order valence-electron chi connectivity index (χ3n) is 7.55. The SMILES string of the molecule is NC1CCN(C(=O)[C@H](NS(=O)(=O)c2ccc(OCC3CCCCC3)cc2)C(F)(F)c2ccc(Cl)cc2)CC1.O=C(O)C(F)(F)F. The van der Waals surface area contributed by atoms with Crippen LogP contribution in [0.25, 0.3) is 0 Å². The van der Waals surface area contributed by atoms with Crippen molar-refractivity contribution in [3.8, 4) is 5.75 Å². The van der Waals surface area contributed by atoms with Crippen LogP contribution in [0.15, 0.2) is 53.4 Å². The Morgan fingerprint density at radius 3 is 2.00 bits per heavy atom. The van der Waals surface area contributed by atoms with Gasteiger partial charge in [0.15, 0.2) is 6.04 Å². The van der Waals surface area contributed by atoms with Gasteiger partial charge in [0.1, 0.15) is 5.75 Å². The molecule has 1 saturated carbocycles. The molecule has 2 aromatic carbocycles. The van der Waals surface area contributed by atoms with E-state index in [0.717, 1.165) is 25.0 Å². The van der Waals surface area contributed by atoms with E-state index in [1.54, 1.807) is 0 Å². The average molecular weight is 684 g/mol. The van der Waals surface area contributed by atoms with E-state index in [2.05, 4.69) is 0 Å². The van der Waals surface area contributed by atoms with E-state index >= 15 is 8.78 Å². The average Bonchev–Trinajstić information content (AvgIpc) is 2.99. The second-order valence-electron chi connectivity index (χ2n) is 10.9. The van der Waals surface area contributed by atoms with Crippen molar-refractivity contribution in [2.24, 2.45) is 11.7 Å². The zero-order valence-electron chi connectivity index (χ0n) is 24.1. The fourth-order valence-electron chi connectivity index (χ4n) is 4.93. The maximum absolute atomic E-state index is 15.8. The molecule has 4 N–H and O–H groups in total. The zero-order chi connectivity index (χ0) is 33.4. The van der Waals surface area contributed by atoms with Crippen molar-refractivity contribution in [2.75, 3.05) is 19.7 Å². The van der Waals surface area contributed by atoms with Crippen molar-refractivity contribution in [2.45, 2.75) is 74.0 Å². The van der Waals surface area contributed by atoms with Gasteiger partial charge in [0.25, 0.3) is 5.92 Å². The van der Waals surface area contributed by atoms with Crippen LogP contribution in [0.2, 0.25) is 5.02 Å². The summed E-state index contributed by atoms with van der Waals surface area (Å²) in [7, 11) is -4.49. The fraction of sp³-hybridized carbons (Fsp3) is 0.517. The molecule has 0 radical (unpaired) electrons. The number of carboxylic acids is 1. The molecule has 250 valence electrons. The number of hydrogen-bond acceptors (Lipinski definition) is 6. The summed E-state index contributed by atoms with van der Waals surface area (Å²) in [5.41, 5.74) is 5.37. The molecule has 0 spiro atoms. The molecule has 1 aliphatic carbocycles. The number of likely N-dealkylation sites (tertiary alicyclic amines) is 1. The lowest BCUT2D eigenvalue weighted by Crippen LogP contribution is -2.57. The normalized spacial score (nSPS) is 17.6. The smallest absolute Gasteiger partial charge is 0.490 e. The molecule has 1 amide bonds. The van der Waals surface area contributed by atoms with Crippen LogP contribution in [0.1, 0.15) is 50.5 Å². The Hall–Kier alpha value is -3.01. The van der Waals surface area contributed by atoms with E-state index in [4.69, 9.17) is 32.0 Å². The highest BCUT2D eigenvalue weighted by molar-refractivity contribution is 7.89. The monoisotopic (exact) mass is 683 g/mol. The molecule has 1 aliphatic heterocycles. The van der Waals surface area contributed by atoms with E-state index in [1.807, 2.05) is 4.72 Å². The Bertz CT molecular complexity index is 1380. The van der Waals surface area contributed by atoms with Crippen molar-refractivity contribution in [1.82, 2.24) is 9.62 Å². The number of carbonyl (C=O) groups excluding carboxylic acids is 1. The molecule has 4 rings (SSSR count). The van der Waals surface area contributed by atoms with Gasteiger partial charge in [-0.1, -0.05) is 43.0 Å². The van der Waals surface area contributed by atoms with Crippen molar-refractivity contribution in [3.05, 3.63) is 59.1 Å². The Labute approximate surface area is 262 Å². The summed E-state index contributed by atoms with van der Waals surface area (Å²) in [5, 5.41) is 7.36. The lowest BCUT2D eigenvalue weighted by atomic mass is 9.90. The molecule has 9 nitrogen and oxygen atoms in total. The number of amides is 1. The van der Waals surface area contributed by atoms with E-state index in [9.17, 15) is 26.4 Å². The molecule has 2 fully saturated rings. The van der Waals surface area contributed by atoms with Crippen LogP contribution < -0.4 is 15.2 Å². The van der Waals surface area contributed by atoms with Crippen LogP contribution >= 0.6 is 11.6 Å². The molecule has 0 aromatic heterocycles. The molecule has 1 atom stereocenters. The van der Waals surface area contributed by atoms with Crippen LogP contribution in [-0.2, 0) is 25.5 Å². The number of hydrogen-bond donors (Lipinski definition) is 3. The molecule has 1 saturated heterocycles. The maximum Gasteiger partial charge on any atom is 0.490 e. The van der Waals surface area contributed by atoms with Crippen LogP contribution in [0.4, 0.5) is 22.0 Å². The van der Waals surface area contributed by atoms with Crippen LogP contribution in [0.5, 0.6) is 5.75 Å². The standard InChI is InChI=1S/C27H34ClF2N3O4S.C2HF3O2/c28-21-8-6-20(7-9-21)27(29,30)25(26(34)33-16-14-22(31)15-17-33)32-38(35,36)24-12-10-23(11-13-24)37-18-19-4-2-1-3-5-19;3-2(4,5)1(6)7/h6-13,19,22,25,32H,1-5,14-18,31H2;(H,6,7)/t25-;/m0./s1. The molecule has 16 heteroatoms. The number of carbonyl (C=O) groups is 2. The number of rotatable bonds is 9. The number of alkyl halides is 5. The summed E-state index contributed by atoms with van der Waals surface area (Å²) in [5.74, 6) is -6.64. The van der Waals surface area contributed by atoms with Gasteiger partial charge in [-0.25, -0.2) is 13.2 Å². The third kappa shape index (κ3) is 10.5. The first-order valence-electron chi connectivity index (χ1n) is 14.2. The van der Waals surface area contributed by atoms with E-state index in [-0.39, 0.29) is 29.0 Å². The topological polar surface area (TPSA) is 139 Å². The Balaban J connectivity index is 0.000000707. The lowest BCUT2D eigenvalue weighted by molar-refractivity contribution is -0.192. The third-order valence-corrected chi connectivity index (χ3v) is 9.24. The highest BCUT2D eigenvalue weighted by atomic mass is 35.5. The number of ether oxygens (including phenoxy) is 1. The number of halogens is 6. The molecular formula is C29H35ClF5N3O6S.